The third kappa shape index (κ3) is 3.71. The van der Waals surface area contributed by atoms with Crippen molar-refractivity contribution in [1.82, 2.24) is 15.1 Å². The zero-order valence-corrected chi connectivity index (χ0v) is 16.3. The smallest absolute Gasteiger partial charge is 0.327 e. The van der Waals surface area contributed by atoms with Gasteiger partial charge in [0.2, 0.25) is 6.10 Å². The maximum Gasteiger partial charge on any atom is 0.327 e. The van der Waals surface area contributed by atoms with Crippen LogP contribution in [0.4, 0.5) is 4.79 Å². The number of benzene rings is 1. The summed E-state index contributed by atoms with van der Waals surface area (Å²) in [6.45, 7) is 0.771. The second-order valence-corrected chi connectivity index (χ2v) is 7.92. The maximum absolute atomic E-state index is 12.9. The van der Waals surface area contributed by atoms with E-state index < -0.39 is 30.2 Å². The van der Waals surface area contributed by atoms with Crippen molar-refractivity contribution < 1.29 is 23.9 Å². The molecule has 3 aliphatic rings. The van der Waals surface area contributed by atoms with Gasteiger partial charge in [0.15, 0.2) is 0 Å². The number of hydrogen-bond donors (Lipinski definition) is 1. The molecule has 0 radical (unpaired) electrons. The number of amides is 4. The zero-order chi connectivity index (χ0) is 20.4. The van der Waals surface area contributed by atoms with Crippen molar-refractivity contribution in [3.63, 3.8) is 0 Å². The Bertz CT molecular complexity index is 813. The molecule has 2 saturated heterocycles. The fourth-order valence-corrected chi connectivity index (χ4v) is 4.43. The van der Waals surface area contributed by atoms with Crippen molar-refractivity contribution in [2.75, 3.05) is 19.6 Å². The molecule has 154 valence electrons. The monoisotopic (exact) mass is 399 g/mol. The lowest BCUT2D eigenvalue weighted by molar-refractivity contribution is -0.161. The van der Waals surface area contributed by atoms with Crippen LogP contribution in [-0.2, 0) is 19.1 Å². The van der Waals surface area contributed by atoms with Gasteiger partial charge in [0.1, 0.15) is 12.1 Å². The van der Waals surface area contributed by atoms with Gasteiger partial charge in [-0.3, -0.25) is 19.3 Å². The van der Waals surface area contributed by atoms with E-state index in [-0.39, 0.29) is 11.8 Å². The Balaban J connectivity index is 1.47. The summed E-state index contributed by atoms with van der Waals surface area (Å²) in [5, 5.41) is 2.74. The topological polar surface area (TPSA) is 96.0 Å². The lowest BCUT2D eigenvalue weighted by Gasteiger charge is -2.24. The number of ether oxygens (including phenoxy) is 1. The third-order valence-electron chi connectivity index (χ3n) is 5.98. The van der Waals surface area contributed by atoms with Gasteiger partial charge in [-0.2, -0.15) is 0 Å². The summed E-state index contributed by atoms with van der Waals surface area (Å²) >= 11 is 0. The van der Waals surface area contributed by atoms with Gasteiger partial charge in [-0.1, -0.05) is 43.2 Å². The summed E-state index contributed by atoms with van der Waals surface area (Å²) in [6.07, 6.45) is 3.67. The molecule has 4 amide bonds. The zero-order valence-electron chi connectivity index (χ0n) is 16.3. The number of likely N-dealkylation sites (tertiary alicyclic amines) is 1. The van der Waals surface area contributed by atoms with Gasteiger partial charge in [-0.25, -0.2) is 4.79 Å². The number of carbonyl (C=O) groups excluding carboxylic acids is 4. The lowest BCUT2D eigenvalue weighted by Crippen LogP contribution is -2.44. The Labute approximate surface area is 169 Å². The lowest BCUT2D eigenvalue weighted by atomic mass is 9.98. The molecule has 1 aromatic rings. The Kier molecular flexibility index (Phi) is 5.25. The number of esters is 1. The number of carbonyl (C=O) groups is 4. The maximum atomic E-state index is 12.9. The van der Waals surface area contributed by atoms with Gasteiger partial charge in [-0.15, -0.1) is 0 Å². The predicted molar refractivity (Wildman–Crippen MR) is 103 cm³/mol. The van der Waals surface area contributed by atoms with E-state index in [1.54, 1.807) is 29.2 Å². The van der Waals surface area contributed by atoms with Gasteiger partial charge in [0.25, 0.3) is 11.8 Å². The van der Waals surface area contributed by atoms with Crippen LogP contribution < -0.4 is 5.32 Å². The number of rotatable bonds is 5. The minimum Gasteiger partial charge on any atom is -0.446 e. The summed E-state index contributed by atoms with van der Waals surface area (Å²) in [6, 6.07) is 8.25. The number of nitrogens with zero attached hydrogens (tertiary/aromatic N) is 2. The quantitative estimate of drug-likeness (QED) is 0.601. The van der Waals surface area contributed by atoms with E-state index in [9.17, 15) is 19.2 Å². The highest BCUT2D eigenvalue weighted by Gasteiger charge is 2.53. The molecule has 1 spiro atoms. The first-order valence-electron chi connectivity index (χ1n) is 10.2. The van der Waals surface area contributed by atoms with Gasteiger partial charge >= 0.3 is 12.0 Å². The van der Waals surface area contributed by atoms with Crippen LogP contribution in [0.3, 0.4) is 0 Å². The van der Waals surface area contributed by atoms with E-state index in [0.29, 0.717) is 31.5 Å². The number of nitrogens with one attached hydrogen (secondary N) is 1. The molecule has 0 aromatic heterocycles. The largest absolute Gasteiger partial charge is 0.446 e. The molecule has 1 atom stereocenters. The number of hydrogen-bond acceptors (Lipinski definition) is 5. The Morgan fingerprint density at radius 2 is 1.69 bits per heavy atom. The summed E-state index contributed by atoms with van der Waals surface area (Å²) in [5.74, 6) is -1.42. The second kappa shape index (κ2) is 7.85. The van der Waals surface area contributed by atoms with Crippen molar-refractivity contribution in [3.8, 4) is 0 Å². The van der Waals surface area contributed by atoms with Crippen LogP contribution in [0, 0.1) is 0 Å². The van der Waals surface area contributed by atoms with E-state index in [2.05, 4.69) is 5.32 Å². The molecule has 1 N–H and O–H groups in total. The second-order valence-electron chi connectivity index (χ2n) is 7.92. The highest BCUT2D eigenvalue weighted by Crippen LogP contribution is 2.35. The molecule has 2 aliphatic heterocycles. The molecule has 0 bridgehead atoms. The molecule has 1 aromatic carbocycles. The van der Waals surface area contributed by atoms with E-state index in [4.69, 9.17) is 4.74 Å². The van der Waals surface area contributed by atoms with Crippen LogP contribution in [0.2, 0.25) is 0 Å². The molecule has 29 heavy (non-hydrogen) atoms. The molecule has 3 fully saturated rings. The number of imide groups is 1. The Morgan fingerprint density at radius 1 is 1.03 bits per heavy atom. The normalized spacial score (nSPS) is 21.5. The molecular weight excluding hydrogens is 374 g/mol. The minimum absolute atomic E-state index is 0.272. The average molecular weight is 399 g/mol. The van der Waals surface area contributed by atoms with Crippen molar-refractivity contribution in [1.29, 1.82) is 0 Å². The van der Waals surface area contributed by atoms with Crippen LogP contribution in [0.25, 0.3) is 0 Å². The van der Waals surface area contributed by atoms with E-state index in [1.807, 2.05) is 6.07 Å². The Hall–Kier alpha value is -2.90. The van der Waals surface area contributed by atoms with E-state index >= 15 is 0 Å². The summed E-state index contributed by atoms with van der Waals surface area (Å²) < 4.78 is 5.52. The average Bonchev–Trinajstić information content (AvgIpc) is 3.46. The molecule has 2 heterocycles. The predicted octanol–water partition coefficient (Wildman–Crippen LogP) is 1.76. The minimum atomic E-state index is -1.08. The van der Waals surface area contributed by atoms with Crippen LogP contribution >= 0.6 is 0 Å². The molecule has 8 heteroatoms. The van der Waals surface area contributed by atoms with Gasteiger partial charge in [0.05, 0.1) is 0 Å². The highest BCUT2D eigenvalue weighted by molar-refractivity contribution is 6.08. The van der Waals surface area contributed by atoms with Crippen molar-refractivity contribution in [3.05, 3.63) is 35.9 Å². The first-order chi connectivity index (χ1) is 14.0. The molecule has 8 nitrogen and oxygen atoms in total. The van der Waals surface area contributed by atoms with Crippen LogP contribution in [0.5, 0.6) is 0 Å². The van der Waals surface area contributed by atoms with Gasteiger partial charge in [-0.05, 0) is 25.7 Å². The van der Waals surface area contributed by atoms with Crippen molar-refractivity contribution >= 4 is 23.8 Å². The molecule has 1 saturated carbocycles. The fraction of sp³-hybridized carbons (Fsp3) is 0.524. The SMILES string of the molecule is O=C(CN1C(=O)NC2(CCCC2)C1=O)O[C@@H](C(=O)N1CCCC1)c1ccccc1. The molecule has 0 unspecified atom stereocenters. The van der Waals surface area contributed by atoms with Gasteiger partial charge in [0, 0.05) is 18.7 Å². The first-order valence-corrected chi connectivity index (χ1v) is 10.2. The van der Waals surface area contributed by atoms with Crippen LogP contribution in [-0.4, -0.2) is 58.8 Å². The van der Waals surface area contributed by atoms with Crippen LogP contribution in [0.15, 0.2) is 30.3 Å². The summed E-state index contributed by atoms with van der Waals surface area (Å²) in [5.41, 5.74) is -0.302. The first kappa shape index (κ1) is 19.4. The highest BCUT2D eigenvalue weighted by atomic mass is 16.5. The molecule has 4 rings (SSSR count). The summed E-state index contributed by atoms with van der Waals surface area (Å²) in [4.78, 5) is 53.2. The standard InChI is InChI=1S/C21H25N3O5/c25-16(14-24-19(27)21(22-20(24)28)10-4-5-11-21)29-17(15-8-2-1-3-9-15)18(26)23-12-6-7-13-23/h1-3,8-9,17H,4-7,10-14H2,(H,22,28)/t17-/m1/s1. The fourth-order valence-electron chi connectivity index (χ4n) is 4.43. The van der Waals surface area contributed by atoms with E-state index in [0.717, 1.165) is 30.6 Å². The number of urea groups is 1. The van der Waals surface area contributed by atoms with Crippen molar-refractivity contribution in [2.24, 2.45) is 0 Å². The van der Waals surface area contributed by atoms with Gasteiger partial charge < -0.3 is 15.0 Å². The van der Waals surface area contributed by atoms with Crippen molar-refractivity contribution in [2.45, 2.75) is 50.2 Å². The summed E-state index contributed by atoms with van der Waals surface area (Å²) in [7, 11) is 0. The molecule has 1 aliphatic carbocycles. The van der Waals surface area contributed by atoms with Crippen LogP contribution in [0.1, 0.15) is 50.2 Å². The third-order valence-corrected chi connectivity index (χ3v) is 5.98. The molecular formula is C21H25N3O5. The Morgan fingerprint density at radius 3 is 2.34 bits per heavy atom. The van der Waals surface area contributed by atoms with E-state index in [1.165, 1.54) is 0 Å².